The van der Waals surface area contributed by atoms with Gasteiger partial charge in [-0.3, -0.25) is 0 Å². The van der Waals surface area contributed by atoms with Gasteiger partial charge in [0.05, 0.1) is 0 Å². The van der Waals surface area contributed by atoms with E-state index in [1.165, 1.54) is 5.56 Å². The van der Waals surface area contributed by atoms with Crippen LogP contribution < -0.4 is 19.7 Å². The van der Waals surface area contributed by atoms with Crippen molar-refractivity contribution in [1.29, 1.82) is 0 Å². The molecule has 2 aliphatic heterocycles. The maximum atomic E-state index is 5.71. The molecule has 4 rings (SSSR count). The van der Waals surface area contributed by atoms with Crippen molar-refractivity contribution in [3.8, 4) is 11.5 Å². The number of aryl methyl sites for hydroxylation is 2. The molecule has 1 N–H and O–H groups in total. The van der Waals surface area contributed by atoms with Crippen molar-refractivity contribution < 1.29 is 9.47 Å². The molecule has 144 valence electrons. The zero-order chi connectivity index (χ0) is 18.6. The Labute approximate surface area is 160 Å². The van der Waals surface area contributed by atoms with Gasteiger partial charge in [0.15, 0.2) is 11.5 Å². The third-order valence-corrected chi connectivity index (χ3v) is 5.12. The predicted molar refractivity (Wildman–Crippen MR) is 107 cm³/mol. The average Bonchev–Trinajstić information content (AvgIpc) is 2.70. The highest BCUT2D eigenvalue weighted by molar-refractivity contribution is 5.56. The van der Waals surface area contributed by atoms with Crippen molar-refractivity contribution in [3.63, 3.8) is 0 Å². The van der Waals surface area contributed by atoms with E-state index in [0.29, 0.717) is 19.3 Å². The van der Waals surface area contributed by atoms with Crippen LogP contribution in [0.4, 0.5) is 11.5 Å². The fourth-order valence-electron chi connectivity index (χ4n) is 3.86. The number of nitrogens with zero attached hydrogens (tertiary/aromatic N) is 3. The summed E-state index contributed by atoms with van der Waals surface area (Å²) in [5.41, 5.74) is 2.34. The van der Waals surface area contributed by atoms with Crippen LogP contribution in [0.15, 0.2) is 24.4 Å². The molecule has 2 aliphatic rings. The lowest BCUT2D eigenvalue weighted by molar-refractivity contribution is 0.171. The second kappa shape index (κ2) is 8.03. The minimum absolute atomic E-state index is 0.381. The summed E-state index contributed by atoms with van der Waals surface area (Å²) < 4.78 is 11.3. The number of fused-ring (bicyclic) bond motifs is 1. The predicted octanol–water partition coefficient (Wildman–Crippen LogP) is 3.59. The SMILES string of the molecule is CCCc1cnc(C)nc1N1CCC[C@@H](Nc2ccc3c(c2)OCCO3)C1. The molecule has 0 spiro atoms. The van der Waals surface area contributed by atoms with Gasteiger partial charge in [0.2, 0.25) is 0 Å². The Hall–Kier alpha value is -2.50. The molecule has 0 saturated carbocycles. The number of ether oxygens (including phenoxy) is 2. The lowest BCUT2D eigenvalue weighted by Gasteiger charge is -2.35. The molecule has 1 saturated heterocycles. The minimum Gasteiger partial charge on any atom is -0.486 e. The van der Waals surface area contributed by atoms with E-state index < -0.39 is 0 Å². The normalized spacial score (nSPS) is 19.0. The molecule has 6 heteroatoms. The Kier molecular flexibility index (Phi) is 5.32. The van der Waals surface area contributed by atoms with Crippen molar-refractivity contribution in [1.82, 2.24) is 9.97 Å². The largest absolute Gasteiger partial charge is 0.486 e. The van der Waals surface area contributed by atoms with E-state index in [1.54, 1.807) is 0 Å². The first-order valence-corrected chi connectivity index (χ1v) is 9.96. The fraction of sp³-hybridized carbons (Fsp3) is 0.524. The van der Waals surface area contributed by atoms with E-state index in [4.69, 9.17) is 14.5 Å². The van der Waals surface area contributed by atoms with E-state index in [0.717, 1.165) is 67.6 Å². The number of nitrogens with one attached hydrogen (secondary N) is 1. The molecular weight excluding hydrogens is 340 g/mol. The van der Waals surface area contributed by atoms with Gasteiger partial charge in [-0.2, -0.15) is 0 Å². The van der Waals surface area contributed by atoms with E-state index in [-0.39, 0.29) is 0 Å². The van der Waals surface area contributed by atoms with Crippen LogP contribution in [-0.4, -0.2) is 42.3 Å². The van der Waals surface area contributed by atoms with E-state index in [9.17, 15) is 0 Å². The Morgan fingerprint density at radius 3 is 2.93 bits per heavy atom. The molecule has 1 fully saturated rings. The number of aromatic nitrogens is 2. The number of rotatable bonds is 5. The average molecular weight is 368 g/mol. The molecule has 0 bridgehead atoms. The number of hydrogen-bond donors (Lipinski definition) is 1. The highest BCUT2D eigenvalue weighted by atomic mass is 16.6. The van der Waals surface area contributed by atoms with Crippen molar-refractivity contribution in [3.05, 3.63) is 35.8 Å². The Morgan fingerprint density at radius 2 is 2.07 bits per heavy atom. The van der Waals surface area contributed by atoms with Gasteiger partial charge in [-0.1, -0.05) is 13.3 Å². The Morgan fingerprint density at radius 1 is 1.22 bits per heavy atom. The molecular formula is C21H28N4O2. The van der Waals surface area contributed by atoms with Crippen LogP contribution in [-0.2, 0) is 6.42 Å². The van der Waals surface area contributed by atoms with Gasteiger partial charge in [-0.05, 0) is 38.3 Å². The van der Waals surface area contributed by atoms with Gasteiger partial charge in [0.1, 0.15) is 24.9 Å². The third-order valence-electron chi connectivity index (χ3n) is 5.12. The highest BCUT2D eigenvalue weighted by Gasteiger charge is 2.23. The zero-order valence-electron chi connectivity index (χ0n) is 16.2. The summed E-state index contributed by atoms with van der Waals surface area (Å²) in [6.07, 6.45) is 6.42. The molecule has 2 aromatic rings. The van der Waals surface area contributed by atoms with Gasteiger partial charge in [0, 0.05) is 42.6 Å². The van der Waals surface area contributed by atoms with Crippen LogP contribution in [0.1, 0.15) is 37.6 Å². The lowest BCUT2D eigenvalue weighted by atomic mass is 10.0. The molecule has 6 nitrogen and oxygen atoms in total. The van der Waals surface area contributed by atoms with Crippen LogP contribution in [0.3, 0.4) is 0 Å². The topological polar surface area (TPSA) is 59.5 Å². The molecule has 3 heterocycles. The van der Waals surface area contributed by atoms with Gasteiger partial charge < -0.3 is 19.7 Å². The number of benzene rings is 1. The molecule has 0 amide bonds. The first-order valence-electron chi connectivity index (χ1n) is 9.96. The molecule has 27 heavy (non-hydrogen) atoms. The summed E-state index contributed by atoms with van der Waals surface area (Å²) in [4.78, 5) is 11.6. The molecule has 0 unspecified atom stereocenters. The smallest absolute Gasteiger partial charge is 0.163 e. The second-order valence-corrected chi connectivity index (χ2v) is 7.30. The maximum absolute atomic E-state index is 5.71. The summed E-state index contributed by atoms with van der Waals surface area (Å²) in [6.45, 7) is 7.39. The molecule has 1 atom stereocenters. The van der Waals surface area contributed by atoms with Gasteiger partial charge in [-0.15, -0.1) is 0 Å². The summed E-state index contributed by atoms with van der Waals surface area (Å²) in [5.74, 6) is 3.61. The molecule has 1 aromatic carbocycles. The summed E-state index contributed by atoms with van der Waals surface area (Å²) in [7, 11) is 0. The molecule has 1 aromatic heterocycles. The van der Waals surface area contributed by atoms with Gasteiger partial charge >= 0.3 is 0 Å². The standard InChI is InChI=1S/C21H28N4O2/c1-3-5-16-13-22-15(2)23-21(16)25-9-4-6-18(14-25)24-17-7-8-19-20(12-17)27-11-10-26-19/h7-8,12-13,18,24H,3-6,9-11,14H2,1-2H3/t18-/m1/s1. The first kappa shape index (κ1) is 17.9. The summed E-state index contributed by atoms with van der Waals surface area (Å²) in [5, 5.41) is 3.68. The van der Waals surface area contributed by atoms with Crippen molar-refractivity contribution in [2.75, 3.05) is 36.5 Å². The monoisotopic (exact) mass is 368 g/mol. The Bertz CT molecular complexity index is 796. The second-order valence-electron chi connectivity index (χ2n) is 7.30. The van der Waals surface area contributed by atoms with Crippen molar-refractivity contribution >= 4 is 11.5 Å². The molecule has 0 aliphatic carbocycles. The minimum atomic E-state index is 0.381. The summed E-state index contributed by atoms with van der Waals surface area (Å²) in [6, 6.07) is 6.49. The van der Waals surface area contributed by atoms with Crippen LogP contribution in [0.5, 0.6) is 11.5 Å². The summed E-state index contributed by atoms with van der Waals surface area (Å²) >= 11 is 0. The molecule has 0 radical (unpaired) electrons. The lowest BCUT2D eigenvalue weighted by Crippen LogP contribution is -2.43. The van der Waals surface area contributed by atoms with E-state index in [2.05, 4.69) is 28.2 Å². The number of anilines is 2. The van der Waals surface area contributed by atoms with Crippen molar-refractivity contribution in [2.45, 2.75) is 45.6 Å². The number of hydrogen-bond acceptors (Lipinski definition) is 6. The zero-order valence-corrected chi connectivity index (χ0v) is 16.2. The van der Waals surface area contributed by atoms with Crippen LogP contribution >= 0.6 is 0 Å². The van der Waals surface area contributed by atoms with Crippen LogP contribution in [0.25, 0.3) is 0 Å². The van der Waals surface area contributed by atoms with Gasteiger partial charge in [0.25, 0.3) is 0 Å². The Balaban J connectivity index is 1.48. The van der Waals surface area contributed by atoms with Crippen molar-refractivity contribution in [2.24, 2.45) is 0 Å². The van der Waals surface area contributed by atoms with Crippen LogP contribution in [0, 0.1) is 6.92 Å². The quantitative estimate of drug-likeness (QED) is 0.870. The van der Waals surface area contributed by atoms with E-state index in [1.807, 2.05) is 25.3 Å². The van der Waals surface area contributed by atoms with E-state index >= 15 is 0 Å². The number of piperidine rings is 1. The fourth-order valence-corrected chi connectivity index (χ4v) is 3.86. The third kappa shape index (κ3) is 4.10. The first-order chi connectivity index (χ1) is 13.2. The highest BCUT2D eigenvalue weighted by Crippen LogP contribution is 2.33. The maximum Gasteiger partial charge on any atom is 0.163 e. The van der Waals surface area contributed by atoms with Gasteiger partial charge in [-0.25, -0.2) is 9.97 Å². The van der Waals surface area contributed by atoms with Crippen LogP contribution in [0.2, 0.25) is 0 Å².